The van der Waals surface area contributed by atoms with Crippen molar-refractivity contribution in [1.29, 1.82) is 0 Å². The molecule has 2 aromatic rings. The van der Waals surface area contributed by atoms with E-state index in [9.17, 15) is 4.79 Å². The van der Waals surface area contributed by atoms with E-state index in [1.165, 1.54) is 20.3 Å². The summed E-state index contributed by atoms with van der Waals surface area (Å²) in [5.41, 5.74) is 1.23. The Morgan fingerprint density at radius 3 is 2.42 bits per heavy atom. The number of carbonyl (C=O) groups is 1. The average Bonchev–Trinajstić information content (AvgIpc) is 2.58. The molecule has 0 bridgehead atoms. The van der Waals surface area contributed by atoms with Crippen LogP contribution in [0.3, 0.4) is 0 Å². The third-order valence-corrected chi connectivity index (χ3v) is 4.15. The van der Waals surface area contributed by atoms with Crippen LogP contribution in [0.25, 0.3) is 0 Å². The molecule has 0 saturated heterocycles. The summed E-state index contributed by atoms with van der Waals surface area (Å²) in [7, 11) is 4.56. The highest BCUT2D eigenvalue weighted by Gasteiger charge is 2.15. The molecule has 0 atom stereocenters. The van der Waals surface area contributed by atoms with Crippen molar-refractivity contribution in [1.82, 2.24) is 5.32 Å². The van der Waals surface area contributed by atoms with Crippen molar-refractivity contribution in [3.63, 3.8) is 0 Å². The van der Waals surface area contributed by atoms with Gasteiger partial charge in [0, 0.05) is 22.1 Å². The minimum absolute atomic E-state index is 0.278. The summed E-state index contributed by atoms with van der Waals surface area (Å²) in [4.78, 5) is 12.4. The van der Waals surface area contributed by atoms with Gasteiger partial charge in [0.1, 0.15) is 5.75 Å². The summed E-state index contributed by atoms with van der Waals surface area (Å²) >= 11 is 9.54. The zero-order valence-corrected chi connectivity index (χ0v) is 15.8. The molecule has 0 unspecified atom stereocenters. The van der Waals surface area contributed by atoms with E-state index in [0.717, 1.165) is 10.0 Å². The molecule has 7 heteroatoms. The lowest BCUT2D eigenvalue weighted by atomic mass is 10.1. The number of halogens is 2. The topological polar surface area (TPSA) is 56.8 Å². The summed E-state index contributed by atoms with van der Waals surface area (Å²) in [5.74, 6) is 1.21. The van der Waals surface area contributed by atoms with Crippen molar-refractivity contribution in [3.8, 4) is 17.2 Å². The molecular weight excluding hydrogens is 398 g/mol. The number of methoxy groups -OCH3 is 3. The summed E-state index contributed by atoms with van der Waals surface area (Å²) in [6.07, 6.45) is 0. The monoisotopic (exact) mass is 413 g/mol. The summed E-state index contributed by atoms with van der Waals surface area (Å²) < 4.78 is 16.6. The number of amides is 1. The van der Waals surface area contributed by atoms with Gasteiger partial charge in [0.15, 0.2) is 11.5 Å². The maximum absolute atomic E-state index is 12.4. The zero-order chi connectivity index (χ0) is 17.7. The first kappa shape index (κ1) is 18.4. The van der Waals surface area contributed by atoms with Gasteiger partial charge in [0.2, 0.25) is 0 Å². The van der Waals surface area contributed by atoms with Crippen LogP contribution in [0.2, 0.25) is 5.02 Å². The second kappa shape index (κ2) is 8.26. The van der Waals surface area contributed by atoms with Crippen molar-refractivity contribution in [2.45, 2.75) is 6.54 Å². The van der Waals surface area contributed by atoms with Gasteiger partial charge in [-0.2, -0.15) is 0 Å². The molecule has 0 aromatic heterocycles. The van der Waals surface area contributed by atoms with Gasteiger partial charge in [-0.05, 0) is 30.3 Å². The van der Waals surface area contributed by atoms with Crippen LogP contribution in [0.5, 0.6) is 17.2 Å². The Labute approximate surface area is 154 Å². The number of carbonyl (C=O) groups excluding carboxylic acids is 1. The molecule has 0 spiro atoms. The fourth-order valence-corrected chi connectivity index (χ4v) is 2.91. The minimum Gasteiger partial charge on any atom is -0.496 e. The Balaban J connectivity index is 2.19. The van der Waals surface area contributed by atoms with Crippen LogP contribution in [0.4, 0.5) is 0 Å². The largest absolute Gasteiger partial charge is 0.496 e. The van der Waals surface area contributed by atoms with Crippen LogP contribution >= 0.6 is 27.5 Å². The molecule has 0 radical (unpaired) electrons. The molecule has 0 saturated carbocycles. The smallest absolute Gasteiger partial charge is 0.251 e. The number of nitrogens with one attached hydrogen (secondary N) is 1. The van der Waals surface area contributed by atoms with Gasteiger partial charge in [-0.25, -0.2) is 0 Å². The van der Waals surface area contributed by atoms with Gasteiger partial charge in [0.05, 0.1) is 26.4 Å². The third-order valence-electron chi connectivity index (χ3n) is 3.38. The Bertz CT molecular complexity index is 752. The number of hydrogen-bond donors (Lipinski definition) is 1. The third kappa shape index (κ3) is 4.13. The quantitative estimate of drug-likeness (QED) is 0.774. The molecule has 2 aromatic carbocycles. The average molecular weight is 415 g/mol. The van der Waals surface area contributed by atoms with Crippen LogP contribution in [-0.2, 0) is 6.54 Å². The first-order chi connectivity index (χ1) is 11.5. The summed E-state index contributed by atoms with van der Waals surface area (Å²) in [6, 6.07) is 8.71. The Kier molecular flexibility index (Phi) is 6.34. The molecule has 1 N–H and O–H groups in total. The van der Waals surface area contributed by atoms with E-state index in [4.69, 9.17) is 25.8 Å². The maximum atomic E-state index is 12.4. The van der Waals surface area contributed by atoms with Crippen LogP contribution in [0, 0.1) is 0 Å². The molecule has 128 valence electrons. The van der Waals surface area contributed by atoms with Crippen molar-refractivity contribution < 1.29 is 19.0 Å². The van der Waals surface area contributed by atoms with Gasteiger partial charge in [-0.1, -0.05) is 27.5 Å². The fraction of sp³-hybridized carbons (Fsp3) is 0.235. The van der Waals surface area contributed by atoms with E-state index in [-0.39, 0.29) is 5.91 Å². The summed E-state index contributed by atoms with van der Waals surface area (Å²) in [5, 5.41) is 3.15. The van der Waals surface area contributed by atoms with E-state index >= 15 is 0 Å². The first-order valence-corrected chi connectivity index (χ1v) is 8.19. The predicted molar refractivity (Wildman–Crippen MR) is 96.4 cm³/mol. The lowest BCUT2D eigenvalue weighted by Crippen LogP contribution is -2.23. The minimum atomic E-state index is -0.278. The van der Waals surface area contributed by atoms with E-state index in [0.29, 0.717) is 34.4 Å². The highest BCUT2D eigenvalue weighted by Crippen LogP contribution is 2.36. The standard InChI is InChI=1S/C17H17BrClNO4/c1-22-14-5-4-12(18)6-11(14)9-20-17(21)10-7-13(19)16(24-3)15(8-10)23-2/h4-8H,9H2,1-3H3,(H,20,21). The SMILES string of the molecule is COc1ccc(Br)cc1CNC(=O)c1cc(Cl)c(OC)c(OC)c1. The van der Waals surface area contributed by atoms with Crippen LogP contribution < -0.4 is 19.5 Å². The van der Waals surface area contributed by atoms with Crippen molar-refractivity contribution >= 4 is 33.4 Å². The first-order valence-electron chi connectivity index (χ1n) is 7.02. The molecule has 0 aliphatic heterocycles. The number of ether oxygens (including phenoxy) is 3. The fourth-order valence-electron chi connectivity index (χ4n) is 2.21. The van der Waals surface area contributed by atoms with Gasteiger partial charge >= 0.3 is 0 Å². The second-order valence-electron chi connectivity index (χ2n) is 4.83. The van der Waals surface area contributed by atoms with E-state index in [1.807, 2.05) is 18.2 Å². The predicted octanol–water partition coefficient (Wildman–Crippen LogP) is 4.06. The highest BCUT2D eigenvalue weighted by molar-refractivity contribution is 9.10. The van der Waals surface area contributed by atoms with E-state index in [2.05, 4.69) is 21.2 Å². The van der Waals surface area contributed by atoms with Gasteiger partial charge < -0.3 is 19.5 Å². The molecule has 0 heterocycles. The number of rotatable bonds is 6. The van der Waals surface area contributed by atoms with Crippen molar-refractivity contribution in [3.05, 3.63) is 51.0 Å². The van der Waals surface area contributed by atoms with Crippen LogP contribution in [-0.4, -0.2) is 27.2 Å². The maximum Gasteiger partial charge on any atom is 0.251 e. The molecule has 5 nitrogen and oxygen atoms in total. The van der Waals surface area contributed by atoms with E-state index < -0.39 is 0 Å². The second-order valence-corrected chi connectivity index (χ2v) is 6.16. The Hall–Kier alpha value is -1.92. The Morgan fingerprint density at radius 2 is 1.79 bits per heavy atom. The Morgan fingerprint density at radius 1 is 1.08 bits per heavy atom. The molecular formula is C17H17BrClNO4. The molecule has 2 rings (SSSR count). The normalized spacial score (nSPS) is 10.2. The zero-order valence-electron chi connectivity index (χ0n) is 13.5. The summed E-state index contributed by atoms with van der Waals surface area (Å²) in [6.45, 7) is 0.313. The van der Waals surface area contributed by atoms with Crippen LogP contribution in [0.15, 0.2) is 34.8 Å². The number of hydrogen-bond acceptors (Lipinski definition) is 4. The number of benzene rings is 2. The van der Waals surface area contributed by atoms with Crippen molar-refractivity contribution in [2.24, 2.45) is 0 Å². The molecule has 0 fully saturated rings. The van der Waals surface area contributed by atoms with Gasteiger partial charge in [-0.3, -0.25) is 4.79 Å². The molecule has 0 aliphatic rings. The van der Waals surface area contributed by atoms with Gasteiger partial charge in [0.25, 0.3) is 5.91 Å². The van der Waals surface area contributed by atoms with Crippen LogP contribution in [0.1, 0.15) is 15.9 Å². The van der Waals surface area contributed by atoms with E-state index in [1.54, 1.807) is 13.2 Å². The molecule has 1 amide bonds. The van der Waals surface area contributed by atoms with Crippen molar-refractivity contribution in [2.75, 3.05) is 21.3 Å². The van der Waals surface area contributed by atoms with Gasteiger partial charge in [-0.15, -0.1) is 0 Å². The lowest BCUT2D eigenvalue weighted by Gasteiger charge is -2.13. The molecule has 0 aliphatic carbocycles. The highest BCUT2D eigenvalue weighted by atomic mass is 79.9. The molecule has 24 heavy (non-hydrogen) atoms. The lowest BCUT2D eigenvalue weighted by molar-refractivity contribution is 0.0950.